The first-order valence-corrected chi connectivity index (χ1v) is 9.72. The second kappa shape index (κ2) is 8.72. The highest BCUT2D eigenvalue weighted by molar-refractivity contribution is 5.90. The van der Waals surface area contributed by atoms with Gasteiger partial charge in [-0.15, -0.1) is 0 Å². The number of nitrogens with one attached hydrogen (secondary N) is 2. The Morgan fingerprint density at radius 1 is 1.00 bits per heavy atom. The van der Waals surface area contributed by atoms with Crippen LogP contribution in [-0.4, -0.2) is 33.2 Å². The number of amides is 2. The number of imidazole rings is 1. The number of aliphatic hydroxyl groups is 1. The molecular weight excluding hydrogens is 421 g/mol. The summed E-state index contributed by atoms with van der Waals surface area (Å²) in [4.78, 5) is 16.2. The van der Waals surface area contributed by atoms with Crippen LogP contribution in [-0.2, 0) is 6.61 Å². The molecular formula is C23H19F3N4O2. The molecule has 2 aromatic carbocycles. The lowest BCUT2D eigenvalue weighted by molar-refractivity contribution is -0.122. The Balaban J connectivity index is 1.57. The Bertz CT molecular complexity index is 1270. The van der Waals surface area contributed by atoms with Crippen molar-refractivity contribution in [3.63, 3.8) is 0 Å². The zero-order valence-corrected chi connectivity index (χ0v) is 16.7. The van der Waals surface area contributed by atoms with Crippen LogP contribution in [0.5, 0.6) is 0 Å². The molecule has 9 heteroatoms. The molecule has 0 bridgehead atoms. The third kappa shape index (κ3) is 4.89. The molecule has 0 aliphatic rings. The number of benzene rings is 2. The van der Waals surface area contributed by atoms with Crippen molar-refractivity contribution in [3.05, 3.63) is 78.6 Å². The molecule has 0 aliphatic carbocycles. The number of aliphatic hydroxyl groups excluding tert-OH is 1. The Labute approximate surface area is 181 Å². The number of aromatic nitrogens is 2. The molecule has 0 atom stereocenters. The van der Waals surface area contributed by atoms with Gasteiger partial charge in [0.2, 0.25) is 0 Å². The number of rotatable bonds is 5. The van der Waals surface area contributed by atoms with Crippen molar-refractivity contribution >= 4 is 17.4 Å². The predicted octanol–water partition coefficient (Wildman–Crippen LogP) is 4.84. The van der Waals surface area contributed by atoms with Crippen molar-refractivity contribution in [2.75, 3.05) is 11.9 Å². The second-order valence-electron chi connectivity index (χ2n) is 7.15. The monoisotopic (exact) mass is 440 g/mol. The number of fused-ring (bicyclic) bond motifs is 1. The minimum absolute atomic E-state index is 0.0395. The number of pyridine rings is 1. The lowest BCUT2D eigenvalue weighted by Gasteiger charge is -2.11. The van der Waals surface area contributed by atoms with Gasteiger partial charge in [0.05, 0.1) is 18.5 Å². The fourth-order valence-electron chi connectivity index (χ4n) is 3.34. The summed E-state index contributed by atoms with van der Waals surface area (Å²) in [6.45, 7) is -1.45. The second-order valence-corrected chi connectivity index (χ2v) is 7.15. The maximum absolute atomic E-state index is 12.3. The molecule has 0 unspecified atom stereocenters. The quantitative estimate of drug-likeness (QED) is 0.415. The van der Waals surface area contributed by atoms with E-state index in [2.05, 4.69) is 10.3 Å². The normalized spacial score (nSPS) is 11.5. The molecule has 0 spiro atoms. The topological polar surface area (TPSA) is 78.7 Å². The Kier molecular flexibility index (Phi) is 5.83. The Morgan fingerprint density at radius 2 is 1.75 bits per heavy atom. The molecule has 0 saturated heterocycles. The van der Waals surface area contributed by atoms with Crippen LogP contribution in [0.1, 0.15) is 5.56 Å². The van der Waals surface area contributed by atoms with Gasteiger partial charge in [0, 0.05) is 17.4 Å². The van der Waals surface area contributed by atoms with Gasteiger partial charge in [0.1, 0.15) is 12.2 Å². The average Bonchev–Trinajstić information content (AvgIpc) is 3.21. The summed E-state index contributed by atoms with van der Waals surface area (Å²) in [6.07, 6.45) is -0.922. The van der Waals surface area contributed by atoms with Gasteiger partial charge < -0.3 is 15.7 Å². The summed E-state index contributed by atoms with van der Waals surface area (Å²) < 4.78 is 38.7. The summed E-state index contributed by atoms with van der Waals surface area (Å²) in [5, 5.41) is 13.5. The fourth-order valence-corrected chi connectivity index (χ4v) is 3.34. The van der Waals surface area contributed by atoms with Gasteiger partial charge in [-0.25, -0.2) is 9.78 Å². The molecule has 2 amide bonds. The summed E-state index contributed by atoms with van der Waals surface area (Å²) >= 11 is 0. The molecule has 2 heterocycles. The molecule has 0 saturated carbocycles. The summed E-state index contributed by atoms with van der Waals surface area (Å²) in [5.74, 6) is 0. The van der Waals surface area contributed by atoms with Crippen LogP contribution in [0.15, 0.2) is 73.1 Å². The van der Waals surface area contributed by atoms with E-state index in [4.69, 9.17) is 0 Å². The number of hydrogen-bond donors (Lipinski definition) is 3. The van der Waals surface area contributed by atoms with Crippen molar-refractivity contribution in [1.82, 2.24) is 14.7 Å². The lowest BCUT2D eigenvalue weighted by Crippen LogP contribution is -2.36. The van der Waals surface area contributed by atoms with E-state index >= 15 is 0 Å². The van der Waals surface area contributed by atoms with E-state index in [1.165, 1.54) is 0 Å². The molecule has 4 rings (SSSR count). The van der Waals surface area contributed by atoms with Crippen molar-refractivity contribution in [2.24, 2.45) is 0 Å². The summed E-state index contributed by atoms with van der Waals surface area (Å²) in [7, 11) is 0. The van der Waals surface area contributed by atoms with Crippen LogP contribution in [0.4, 0.5) is 23.7 Å². The molecule has 2 aromatic heterocycles. The van der Waals surface area contributed by atoms with Crippen molar-refractivity contribution in [1.29, 1.82) is 0 Å². The summed E-state index contributed by atoms with van der Waals surface area (Å²) in [6, 6.07) is 17.3. The SMILES string of the molecule is O=C(NCC(F)(F)F)Nc1cccc(-c2cnc3cc(-c4cccc(CO)c4)ccn23)c1. The van der Waals surface area contributed by atoms with E-state index < -0.39 is 18.8 Å². The molecule has 0 aliphatic heterocycles. The first-order valence-electron chi connectivity index (χ1n) is 9.72. The number of nitrogens with zero attached hydrogens (tertiary/aromatic N) is 2. The zero-order chi connectivity index (χ0) is 22.7. The van der Waals surface area contributed by atoms with E-state index in [9.17, 15) is 23.1 Å². The van der Waals surface area contributed by atoms with Gasteiger partial charge in [-0.1, -0.05) is 30.3 Å². The number of alkyl halides is 3. The number of carbonyl (C=O) groups excluding carboxylic acids is 1. The highest BCUT2D eigenvalue weighted by Crippen LogP contribution is 2.27. The van der Waals surface area contributed by atoms with Gasteiger partial charge in [-0.2, -0.15) is 13.2 Å². The van der Waals surface area contributed by atoms with E-state index in [-0.39, 0.29) is 6.61 Å². The molecule has 0 radical (unpaired) electrons. The fraction of sp³-hybridized carbons (Fsp3) is 0.130. The maximum Gasteiger partial charge on any atom is 0.405 e. The molecule has 164 valence electrons. The van der Waals surface area contributed by atoms with E-state index in [0.717, 1.165) is 27.9 Å². The molecule has 4 aromatic rings. The third-order valence-electron chi connectivity index (χ3n) is 4.82. The van der Waals surface area contributed by atoms with Crippen LogP contribution in [0.25, 0.3) is 28.0 Å². The zero-order valence-electron chi connectivity index (χ0n) is 16.7. The standard InChI is InChI=1S/C23H19F3N4O2/c24-23(25,26)14-28-22(32)29-19-6-2-5-18(10-19)20-12-27-21-11-17(7-8-30(20)21)16-4-1-3-15(9-16)13-31/h1-12,31H,13-14H2,(H2,28,29,32). The highest BCUT2D eigenvalue weighted by Gasteiger charge is 2.27. The van der Waals surface area contributed by atoms with Gasteiger partial charge in [-0.3, -0.25) is 4.40 Å². The van der Waals surface area contributed by atoms with Crippen LogP contribution in [0.2, 0.25) is 0 Å². The minimum atomic E-state index is -4.48. The van der Waals surface area contributed by atoms with E-state index in [1.54, 1.807) is 29.7 Å². The first kappa shape index (κ1) is 21.4. The number of anilines is 1. The summed E-state index contributed by atoms with van der Waals surface area (Å²) in [5.41, 5.74) is 5.27. The minimum Gasteiger partial charge on any atom is -0.392 e. The van der Waals surface area contributed by atoms with E-state index in [1.807, 2.05) is 53.1 Å². The van der Waals surface area contributed by atoms with Crippen LogP contribution in [0, 0.1) is 0 Å². The molecule has 32 heavy (non-hydrogen) atoms. The first-order chi connectivity index (χ1) is 15.3. The largest absolute Gasteiger partial charge is 0.405 e. The van der Waals surface area contributed by atoms with Crippen LogP contribution < -0.4 is 10.6 Å². The third-order valence-corrected chi connectivity index (χ3v) is 4.82. The van der Waals surface area contributed by atoms with Crippen LogP contribution in [0.3, 0.4) is 0 Å². The number of halogens is 3. The van der Waals surface area contributed by atoms with Gasteiger partial charge in [-0.05, 0) is 47.0 Å². The molecule has 3 N–H and O–H groups in total. The van der Waals surface area contributed by atoms with E-state index in [0.29, 0.717) is 11.3 Å². The van der Waals surface area contributed by atoms with Crippen molar-refractivity contribution in [2.45, 2.75) is 12.8 Å². The highest BCUT2D eigenvalue weighted by atomic mass is 19.4. The predicted molar refractivity (Wildman–Crippen MR) is 115 cm³/mol. The molecule has 6 nitrogen and oxygen atoms in total. The Morgan fingerprint density at radius 3 is 2.53 bits per heavy atom. The lowest BCUT2D eigenvalue weighted by atomic mass is 10.0. The van der Waals surface area contributed by atoms with Crippen LogP contribution >= 0.6 is 0 Å². The molecule has 0 fully saturated rings. The number of carbonyl (C=O) groups is 1. The van der Waals surface area contributed by atoms with Crippen molar-refractivity contribution in [3.8, 4) is 22.4 Å². The van der Waals surface area contributed by atoms with Gasteiger partial charge >= 0.3 is 12.2 Å². The Hall–Kier alpha value is -3.85. The average molecular weight is 440 g/mol. The maximum atomic E-state index is 12.3. The van der Waals surface area contributed by atoms with Crippen molar-refractivity contribution < 1.29 is 23.1 Å². The number of urea groups is 1. The van der Waals surface area contributed by atoms with Gasteiger partial charge in [0.15, 0.2) is 0 Å². The number of hydrogen-bond acceptors (Lipinski definition) is 3. The van der Waals surface area contributed by atoms with Gasteiger partial charge in [0.25, 0.3) is 0 Å². The smallest absolute Gasteiger partial charge is 0.392 e.